The third-order valence-electron chi connectivity index (χ3n) is 3.96. The molecule has 1 aromatic heterocycles. The number of carbonyl (C=O) groups is 1. The molecular weight excluding hydrogens is 310 g/mol. The lowest BCUT2D eigenvalue weighted by atomic mass is 10.2. The van der Waals surface area contributed by atoms with E-state index in [1.165, 1.54) is 0 Å². The molecule has 0 aliphatic rings. The minimum Gasteiger partial charge on any atom is -0.477 e. The maximum absolute atomic E-state index is 12.7. The van der Waals surface area contributed by atoms with Crippen molar-refractivity contribution < 1.29 is 9.90 Å². The van der Waals surface area contributed by atoms with Crippen molar-refractivity contribution in [3.8, 4) is 0 Å². The van der Waals surface area contributed by atoms with E-state index in [4.69, 9.17) is 0 Å². The van der Waals surface area contributed by atoms with Crippen LogP contribution < -0.4 is 11.2 Å². The molecule has 2 rings (SSSR count). The highest BCUT2D eigenvalue weighted by Crippen LogP contribution is 2.05. The van der Waals surface area contributed by atoms with Crippen molar-refractivity contribution in [1.82, 2.24) is 14.5 Å². The number of aromatic nitrogens is 2. The number of nitrogens with one attached hydrogen (secondary N) is 1. The monoisotopic (exact) mass is 331 g/mol. The Morgan fingerprint density at radius 1 is 1.17 bits per heavy atom. The van der Waals surface area contributed by atoms with Gasteiger partial charge in [-0.15, -0.1) is 0 Å². The van der Waals surface area contributed by atoms with E-state index in [1.807, 2.05) is 36.9 Å². The summed E-state index contributed by atoms with van der Waals surface area (Å²) in [5.41, 5.74) is -0.721. The van der Waals surface area contributed by atoms with Gasteiger partial charge in [0.15, 0.2) is 0 Å². The highest BCUT2D eigenvalue weighted by Gasteiger charge is 2.20. The number of carboxylic acid groups (broad SMARTS) is 1. The van der Waals surface area contributed by atoms with Gasteiger partial charge in [0.1, 0.15) is 5.69 Å². The molecule has 0 fully saturated rings. The van der Waals surface area contributed by atoms with Crippen LogP contribution in [0.5, 0.6) is 0 Å². The smallest absolute Gasteiger partial charge is 0.352 e. The molecule has 0 radical (unpaired) electrons. The first-order valence-electron chi connectivity index (χ1n) is 7.83. The fourth-order valence-corrected chi connectivity index (χ4v) is 2.52. The van der Waals surface area contributed by atoms with Gasteiger partial charge < -0.3 is 10.1 Å². The molecule has 0 unspecified atom stereocenters. The predicted molar refractivity (Wildman–Crippen MR) is 90.5 cm³/mol. The first kappa shape index (κ1) is 17.7. The van der Waals surface area contributed by atoms with E-state index in [2.05, 4.69) is 4.98 Å². The molecule has 24 heavy (non-hydrogen) atoms. The van der Waals surface area contributed by atoms with E-state index in [1.54, 1.807) is 12.1 Å². The van der Waals surface area contributed by atoms with Crippen LogP contribution in [0.2, 0.25) is 0 Å². The SMILES string of the molecule is CCN(CC)Cc1c(C(=O)O)[nH]c(=O)n(Cc2ccccc2)c1=O. The zero-order valence-corrected chi connectivity index (χ0v) is 13.8. The molecule has 128 valence electrons. The van der Waals surface area contributed by atoms with E-state index in [0.29, 0.717) is 13.1 Å². The number of aromatic amines is 1. The molecule has 0 aliphatic heterocycles. The van der Waals surface area contributed by atoms with Gasteiger partial charge in [-0.05, 0) is 18.7 Å². The summed E-state index contributed by atoms with van der Waals surface area (Å²) in [6, 6.07) is 9.09. The highest BCUT2D eigenvalue weighted by molar-refractivity contribution is 5.86. The van der Waals surface area contributed by atoms with Gasteiger partial charge in [-0.25, -0.2) is 9.59 Å². The Balaban J connectivity index is 2.55. The molecule has 0 bridgehead atoms. The van der Waals surface area contributed by atoms with Crippen LogP contribution in [0.15, 0.2) is 39.9 Å². The summed E-state index contributed by atoms with van der Waals surface area (Å²) < 4.78 is 1.04. The van der Waals surface area contributed by atoms with Crippen LogP contribution in [-0.2, 0) is 13.1 Å². The van der Waals surface area contributed by atoms with Gasteiger partial charge >= 0.3 is 11.7 Å². The van der Waals surface area contributed by atoms with Crippen molar-refractivity contribution in [3.63, 3.8) is 0 Å². The van der Waals surface area contributed by atoms with E-state index < -0.39 is 17.2 Å². The minimum atomic E-state index is -1.31. The number of hydrogen-bond donors (Lipinski definition) is 2. The molecular formula is C17H21N3O4. The summed E-state index contributed by atoms with van der Waals surface area (Å²) in [7, 11) is 0. The van der Waals surface area contributed by atoms with Crippen LogP contribution in [0.4, 0.5) is 0 Å². The number of carboxylic acids is 1. The van der Waals surface area contributed by atoms with Crippen LogP contribution in [0.1, 0.15) is 35.5 Å². The van der Waals surface area contributed by atoms with Crippen molar-refractivity contribution >= 4 is 5.97 Å². The van der Waals surface area contributed by atoms with Gasteiger partial charge in [-0.2, -0.15) is 0 Å². The first-order chi connectivity index (χ1) is 11.5. The van der Waals surface area contributed by atoms with E-state index in [-0.39, 0.29) is 24.3 Å². The lowest BCUT2D eigenvalue weighted by Gasteiger charge is -2.19. The molecule has 7 nitrogen and oxygen atoms in total. The summed E-state index contributed by atoms with van der Waals surface area (Å²) in [6.07, 6.45) is 0. The molecule has 0 saturated carbocycles. The quantitative estimate of drug-likeness (QED) is 0.793. The van der Waals surface area contributed by atoms with Crippen LogP contribution >= 0.6 is 0 Å². The second kappa shape index (κ2) is 7.74. The summed E-state index contributed by atoms with van der Waals surface area (Å²) in [5, 5.41) is 9.32. The third kappa shape index (κ3) is 3.80. The Morgan fingerprint density at radius 2 is 1.79 bits per heavy atom. The number of H-pyrrole nitrogens is 1. The number of hydrogen-bond acceptors (Lipinski definition) is 4. The molecule has 0 aliphatic carbocycles. The molecule has 1 aromatic carbocycles. The van der Waals surface area contributed by atoms with Crippen LogP contribution in [-0.4, -0.2) is 38.6 Å². The van der Waals surface area contributed by atoms with Crippen molar-refractivity contribution in [3.05, 3.63) is 68.0 Å². The second-order valence-corrected chi connectivity index (χ2v) is 5.43. The fraction of sp³-hybridized carbons (Fsp3) is 0.353. The maximum Gasteiger partial charge on any atom is 0.352 e. The zero-order valence-electron chi connectivity index (χ0n) is 13.8. The Bertz CT molecular complexity index is 820. The second-order valence-electron chi connectivity index (χ2n) is 5.43. The average Bonchev–Trinajstić information content (AvgIpc) is 2.58. The van der Waals surface area contributed by atoms with Gasteiger partial charge in [0.25, 0.3) is 5.56 Å². The maximum atomic E-state index is 12.7. The summed E-state index contributed by atoms with van der Waals surface area (Å²) in [5.74, 6) is -1.31. The topological polar surface area (TPSA) is 95.4 Å². The summed E-state index contributed by atoms with van der Waals surface area (Å²) in [6.45, 7) is 5.48. The number of benzene rings is 1. The molecule has 0 spiro atoms. The van der Waals surface area contributed by atoms with Crippen molar-refractivity contribution in [1.29, 1.82) is 0 Å². The van der Waals surface area contributed by atoms with Crippen LogP contribution in [0.3, 0.4) is 0 Å². The lowest BCUT2D eigenvalue weighted by Crippen LogP contribution is -2.41. The molecule has 0 saturated heterocycles. The van der Waals surface area contributed by atoms with Gasteiger partial charge in [-0.1, -0.05) is 44.2 Å². The van der Waals surface area contributed by atoms with Crippen molar-refractivity contribution in [2.24, 2.45) is 0 Å². The summed E-state index contributed by atoms with van der Waals surface area (Å²) >= 11 is 0. The first-order valence-corrected chi connectivity index (χ1v) is 7.83. The van der Waals surface area contributed by atoms with Crippen LogP contribution in [0.25, 0.3) is 0 Å². The molecule has 7 heteroatoms. The Kier molecular flexibility index (Phi) is 5.70. The van der Waals surface area contributed by atoms with Crippen molar-refractivity contribution in [2.75, 3.05) is 13.1 Å². The van der Waals surface area contributed by atoms with Gasteiger partial charge in [0.05, 0.1) is 12.1 Å². The van der Waals surface area contributed by atoms with E-state index >= 15 is 0 Å². The average molecular weight is 331 g/mol. The Morgan fingerprint density at radius 3 is 2.33 bits per heavy atom. The molecule has 0 atom stereocenters. The fourth-order valence-electron chi connectivity index (χ4n) is 2.52. The normalized spacial score (nSPS) is 11.0. The number of rotatable bonds is 7. The third-order valence-corrected chi connectivity index (χ3v) is 3.96. The summed E-state index contributed by atoms with van der Waals surface area (Å²) in [4.78, 5) is 40.6. The predicted octanol–water partition coefficient (Wildman–Crippen LogP) is 1.12. The highest BCUT2D eigenvalue weighted by atomic mass is 16.4. The standard InChI is InChI=1S/C17H21N3O4/c1-3-19(4-2)11-13-14(16(22)23)18-17(24)20(15(13)21)10-12-8-6-5-7-9-12/h5-9H,3-4,10-11H2,1-2H3,(H,18,24)(H,22,23). The number of aromatic carboxylic acids is 1. The van der Waals surface area contributed by atoms with Crippen molar-refractivity contribution in [2.45, 2.75) is 26.9 Å². The number of nitrogens with zero attached hydrogens (tertiary/aromatic N) is 2. The molecule has 1 heterocycles. The van der Waals surface area contributed by atoms with E-state index in [0.717, 1.165) is 10.1 Å². The molecule has 2 N–H and O–H groups in total. The largest absolute Gasteiger partial charge is 0.477 e. The van der Waals surface area contributed by atoms with E-state index in [9.17, 15) is 19.5 Å². The minimum absolute atomic E-state index is 0.0974. The Labute approximate surface area is 139 Å². The zero-order chi connectivity index (χ0) is 17.7. The van der Waals surface area contributed by atoms with Gasteiger partial charge in [0.2, 0.25) is 0 Å². The van der Waals surface area contributed by atoms with Gasteiger partial charge in [-0.3, -0.25) is 14.3 Å². The van der Waals surface area contributed by atoms with Gasteiger partial charge in [0, 0.05) is 6.54 Å². The molecule has 2 aromatic rings. The lowest BCUT2D eigenvalue weighted by molar-refractivity contribution is 0.0686. The van der Waals surface area contributed by atoms with Crippen LogP contribution in [0, 0.1) is 0 Å². The molecule has 0 amide bonds. The Hall–Kier alpha value is -2.67.